The maximum absolute atomic E-state index is 4.35. The summed E-state index contributed by atoms with van der Waals surface area (Å²) in [6, 6.07) is 6.45. The zero-order valence-electron chi connectivity index (χ0n) is 11.0. The van der Waals surface area contributed by atoms with Gasteiger partial charge in [-0.05, 0) is 50.5 Å². The third kappa shape index (κ3) is 6.69. The van der Waals surface area contributed by atoms with Gasteiger partial charge >= 0.3 is 0 Å². The van der Waals surface area contributed by atoms with Gasteiger partial charge in [-0.1, -0.05) is 18.9 Å². The Kier molecular flexibility index (Phi) is 8.10. The molecule has 3 heteroatoms. The average Bonchev–Trinajstić information content (AvgIpc) is 2.38. The van der Waals surface area contributed by atoms with Gasteiger partial charge in [-0.15, -0.1) is 0 Å². The maximum Gasteiger partial charge on any atom is 0.0570 e. The number of hydrogen-bond donors (Lipinski definition) is 1. The summed E-state index contributed by atoms with van der Waals surface area (Å²) in [4.78, 5) is 4.35. The van der Waals surface area contributed by atoms with Gasteiger partial charge < -0.3 is 5.32 Å². The normalized spacial score (nSPS) is 12.6. The van der Waals surface area contributed by atoms with E-state index in [-0.39, 0.29) is 0 Å². The van der Waals surface area contributed by atoms with Gasteiger partial charge in [0.2, 0.25) is 0 Å². The molecule has 0 amide bonds. The Morgan fingerprint density at radius 2 is 2.06 bits per heavy atom. The van der Waals surface area contributed by atoms with E-state index in [1.54, 1.807) is 0 Å². The predicted molar refractivity (Wildman–Crippen MR) is 77.5 cm³/mol. The van der Waals surface area contributed by atoms with Crippen molar-refractivity contribution >= 4 is 11.8 Å². The van der Waals surface area contributed by atoms with Crippen LogP contribution >= 0.6 is 11.8 Å². The minimum absolute atomic E-state index is 0.363. The van der Waals surface area contributed by atoms with E-state index in [2.05, 4.69) is 29.5 Å². The van der Waals surface area contributed by atoms with Gasteiger partial charge in [-0.3, -0.25) is 4.98 Å². The molecule has 1 N–H and O–H groups in total. The van der Waals surface area contributed by atoms with E-state index in [1.165, 1.54) is 31.4 Å². The van der Waals surface area contributed by atoms with Crippen molar-refractivity contribution in [3.63, 3.8) is 0 Å². The molecule has 0 spiro atoms. The summed E-state index contributed by atoms with van der Waals surface area (Å²) in [6.45, 7) is 3.27. The number of thioether (sulfide) groups is 1. The monoisotopic (exact) mass is 252 g/mol. The number of pyridine rings is 1. The fourth-order valence-electron chi connectivity index (χ4n) is 1.78. The van der Waals surface area contributed by atoms with Crippen LogP contribution in [0.3, 0.4) is 0 Å². The molecular formula is C14H24N2S. The Morgan fingerprint density at radius 1 is 1.24 bits per heavy atom. The van der Waals surface area contributed by atoms with Crippen molar-refractivity contribution in [2.75, 3.05) is 18.6 Å². The lowest BCUT2D eigenvalue weighted by molar-refractivity contribution is 0.529. The Bertz CT molecular complexity index is 277. The smallest absolute Gasteiger partial charge is 0.0570 e. The molecule has 0 aromatic carbocycles. The lowest BCUT2D eigenvalue weighted by Gasteiger charge is -2.12. The Labute approximate surface area is 110 Å². The van der Waals surface area contributed by atoms with E-state index in [9.17, 15) is 0 Å². The molecule has 0 saturated heterocycles. The molecule has 0 aliphatic carbocycles. The molecule has 1 unspecified atom stereocenters. The predicted octanol–water partition coefficient (Wildman–Crippen LogP) is 3.66. The van der Waals surface area contributed by atoms with Crippen molar-refractivity contribution in [1.29, 1.82) is 0 Å². The lowest BCUT2D eigenvalue weighted by Crippen LogP contribution is -2.20. The van der Waals surface area contributed by atoms with Gasteiger partial charge in [0, 0.05) is 12.2 Å². The molecule has 0 radical (unpaired) electrons. The third-order valence-corrected chi connectivity index (χ3v) is 3.55. The molecule has 1 rings (SSSR count). The number of hydrogen-bond acceptors (Lipinski definition) is 3. The molecule has 0 saturated carbocycles. The van der Waals surface area contributed by atoms with E-state index in [4.69, 9.17) is 0 Å². The first-order chi connectivity index (χ1) is 8.34. The van der Waals surface area contributed by atoms with Crippen molar-refractivity contribution in [3.8, 4) is 0 Å². The van der Waals surface area contributed by atoms with Gasteiger partial charge in [-0.25, -0.2) is 0 Å². The molecule has 1 atom stereocenters. The van der Waals surface area contributed by atoms with Crippen LogP contribution in [0.5, 0.6) is 0 Å². The molecule has 17 heavy (non-hydrogen) atoms. The minimum Gasteiger partial charge on any atom is -0.309 e. The zero-order chi connectivity index (χ0) is 12.3. The highest BCUT2D eigenvalue weighted by Crippen LogP contribution is 2.08. The van der Waals surface area contributed by atoms with Crippen molar-refractivity contribution in [2.45, 2.75) is 38.6 Å². The SMILES string of the molecule is CSCCCCCCNC(C)c1ccccn1. The second-order valence-electron chi connectivity index (χ2n) is 4.34. The molecule has 0 fully saturated rings. The molecule has 1 heterocycles. The molecule has 2 nitrogen and oxygen atoms in total. The molecule has 0 bridgehead atoms. The molecule has 0 aliphatic heterocycles. The van der Waals surface area contributed by atoms with Crippen molar-refractivity contribution < 1.29 is 0 Å². The summed E-state index contributed by atoms with van der Waals surface area (Å²) in [7, 11) is 0. The van der Waals surface area contributed by atoms with E-state index in [0.29, 0.717) is 6.04 Å². The quantitative estimate of drug-likeness (QED) is 0.679. The van der Waals surface area contributed by atoms with Gasteiger partial charge in [0.05, 0.1) is 5.69 Å². The summed E-state index contributed by atoms with van der Waals surface area (Å²) in [5.74, 6) is 1.30. The number of nitrogens with one attached hydrogen (secondary N) is 1. The largest absolute Gasteiger partial charge is 0.309 e. The zero-order valence-corrected chi connectivity index (χ0v) is 11.8. The van der Waals surface area contributed by atoms with Crippen LogP contribution in [0.2, 0.25) is 0 Å². The third-order valence-electron chi connectivity index (χ3n) is 2.86. The van der Waals surface area contributed by atoms with Crippen LogP contribution in [0.4, 0.5) is 0 Å². The van der Waals surface area contributed by atoms with Crippen LogP contribution < -0.4 is 5.32 Å². The Hall–Kier alpha value is -0.540. The average molecular weight is 252 g/mol. The van der Waals surface area contributed by atoms with Gasteiger partial charge in [-0.2, -0.15) is 11.8 Å². The first-order valence-electron chi connectivity index (χ1n) is 6.48. The molecular weight excluding hydrogens is 228 g/mol. The maximum atomic E-state index is 4.35. The Balaban J connectivity index is 2.03. The standard InChI is InChI=1S/C14H24N2S/c1-13(14-9-5-7-11-16-14)15-10-6-3-4-8-12-17-2/h5,7,9,11,13,15H,3-4,6,8,10,12H2,1-2H3. The molecule has 1 aromatic rings. The minimum atomic E-state index is 0.363. The highest BCUT2D eigenvalue weighted by atomic mass is 32.2. The summed E-state index contributed by atoms with van der Waals surface area (Å²) in [5.41, 5.74) is 1.13. The van der Waals surface area contributed by atoms with E-state index >= 15 is 0 Å². The van der Waals surface area contributed by atoms with Gasteiger partial charge in [0.1, 0.15) is 0 Å². The van der Waals surface area contributed by atoms with Crippen LogP contribution in [-0.2, 0) is 0 Å². The van der Waals surface area contributed by atoms with Crippen molar-refractivity contribution in [2.24, 2.45) is 0 Å². The number of rotatable bonds is 9. The summed E-state index contributed by atoms with van der Waals surface area (Å²) in [6.07, 6.45) is 9.36. The van der Waals surface area contributed by atoms with E-state index < -0.39 is 0 Å². The first-order valence-corrected chi connectivity index (χ1v) is 7.87. The van der Waals surface area contributed by atoms with Crippen molar-refractivity contribution in [1.82, 2.24) is 10.3 Å². The fraction of sp³-hybridized carbons (Fsp3) is 0.643. The van der Waals surface area contributed by atoms with Crippen LogP contribution in [0.15, 0.2) is 24.4 Å². The van der Waals surface area contributed by atoms with E-state index in [1.807, 2.05) is 30.1 Å². The highest BCUT2D eigenvalue weighted by Gasteiger charge is 2.03. The second-order valence-corrected chi connectivity index (χ2v) is 5.32. The Morgan fingerprint density at radius 3 is 2.76 bits per heavy atom. The van der Waals surface area contributed by atoms with Crippen LogP contribution in [0, 0.1) is 0 Å². The number of nitrogens with zero attached hydrogens (tertiary/aromatic N) is 1. The molecule has 1 aromatic heterocycles. The lowest BCUT2D eigenvalue weighted by atomic mass is 10.2. The van der Waals surface area contributed by atoms with E-state index in [0.717, 1.165) is 12.2 Å². The van der Waals surface area contributed by atoms with Gasteiger partial charge in [0.15, 0.2) is 0 Å². The number of aromatic nitrogens is 1. The van der Waals surface area contributed by atoms with Crippen LogP contribution in [0.25, 0.3) is 0 Å². The van der Waals surface area contributed by atoms with Gasteiger partial charge in [0.25, 0.3) is 0 Å². The van der Waals surface area contributed by atoms with Crippen LogP contribution in [0.1, 0.15) is 44.3 Å². The fourth-order valence-corrected chi connectivity index (χ4v) is 2.27. The summed E-state index contributed by atoms with van der Waals surface area (Å²) in [5, 5.41) is 3.52. The van der Waals surface area contributed by atoms with Crippen molar-refractivity contribution in [3.05, 3.63) is 30.1 Å². The topological polar surface area (TPSA) is 24.9 Å². The molecule has 0 aliphatic rings. The summed E-state index contributed by atoms with van der Waals surface area (Å²) < 4.78 is 0. The number of unbranched alkanes of at least 4 members (excludes halogenated alkanes) is 3. The second kappa shape index (κ2) is 9.49. The highest BCUT2D eigenvalue weighted by molar-refractivity contribution is 7.98. The summed E-state index contributed by atoms with van der Waals surface area (Å²) >= 11 is 1.94. The first kappa shape index (κ1) is 14.5. The molecule has 96 valence electrons. The van der Waals surface area contributed by atoms with Crippen LogP contribution in [-0.4, -0.2) is 23.5 Å².